The van der Waals surface area contributed by atoms with Crippen LogP contribution >= 0.6 is 22.6 Å². The van der Waals surface area contributed by atoms with Crippen LogP contribution in [0, 0.1) is 0 Å². The van der Waals surface area contributed by atoms with Gasteiger partial charge in [-0.05, 0) is 15.9 Å². The number of hydrogen-bond donors (Lipinski definition) is 0. The van der Waals surface area contributed by atoms with E-state index in [0.717, 1.165) is 4.47 Å². The largest absolute Gasteiger partial charge is 0.401 e. The van der Waals surface area contributed by atoms with Crippen molar-refractivity contribution in [3.8, 4) is 0 Å². The zero-order valence-corrected chi connectivity index (χ0v) is 10.3. The van der Waals surface area contributed by atoms with Crippen molar-refractivity contribution in [2.75, 3.05) is 14.2 Å². The number of rotatable bonds is 4. The van der Waals surface area contributed by atoms with Crippen molar-refractivity contribution < 1.29 is 13.7 Å². The van der Waals surface area contributed by atoms with Gasteiger partial charge in [0.05, 0.1) is 16.9 Å². The minimum atomic E-state index is -2.68. The lowest BCUT2D eigenvalue weighted by Crippen LogP contribution is -2.10. The van der Waals surface area contributed by atoms with Gasteiger partial charge in [0, 0.05) is 26.0 Å². The topological polar surface area (TPSA) is 45.5 Å². The molecule has 1 aromatic heterocycles. The van der Waals surface area contributed by atoms with E-state index >= 15 is 0 Å². The van der Waals surface area contributed by atoms with Gasteiger partial charge in [0.15, 0.2) is 0 Å². The molecule has 8 heteroatoms. The van der Waals surface area contributed by atoms with Crippen LogP contribution in [0.2, 0.25) is 0 Å². The summed E-state index contributed by atoms with van der Waals surface area (Å²) < 4.78 is 15.8. The summed E-state index contributed by atoms with van der Waals surface area (Å²) in [4.78, 5) is 1.21. The lowest BCUT2D eigenvalue weighted by molar-refractivity contribution is 0.163. The second kappa shape index (κ2) is 4.52. The van der Waals surface area contributed by atoms with E-state index in [9.17, 15) is 0 Å². The van der Waals surface area contributed by atoms with Crippen LogP contribution in [0.3, 0.4) is 0 Å². The number of aromatic nitrogens is 2. The summed E-state index contributed by atoms with van der Waals surface area (Å²) in [7, 11) is 2.87. The SMILES string of the molecule is COP(=S)(OC)On1cc(Br)cn1. The molecule has 0 saturated heterocycles. The molecule has 0 aliphatic rings. The highest BCUT2D eigenvalue weighted by molar-refractivity contribution is 9.10. The van der Waals surface area contributed by atoms with Crippen molar-refractivity contribution in [1.82, 2.24) is 9.94 Å². The fourth-order valence-electron chi connectivity index (χ4n) is 0.573. The van der Waals surface area contributed by atoms with Gasteiger partial charge in [-0.25, -0.2) is 0 Å². The Kier molecular flexibility index (Phi) is 3.87. The van der Waals surface area contributed by atoms with Gasteiger partial charge in [-0.3, -0.25) is 0 Å². The maximum atomic E-state index is 5.18. The van der Waals surface area contributed by atoms with Gasteiger partial charge in [0.25, 0.3) is 0 Å². The lowest BCUT2D eigenvalue weighted by Gasteiger charge is -2.16. The second-order valence-corrected chi connectivity index (χ2v) is 6.00. The Bertz CT molecular complexity index is 323. The monoisotopic (exact) mass is 286 g/mol. The minimum absolute atomic E-state index is 0.793. The van der Waals surface area contributed by atoms with Crippen LogP contribution in [0.25, 0.3) is 0 Å². The second-order valence-electron chi connectivity index (χ2n) is 1.96. The van der Waals surface area contributed by atoms with Crippen molar-refractivity contribution in [3.63, 3.8) is 0 Å². The average molecular weight is 287 g/mol. The van der Waals surface area contributed by atoms with E-state index < -0.39 is 6.72 Å². The van der Waals surface area contributed by atoms with E-state index in [4.69, 9.17) is 25.5 Å². The smallest absolute Gasteiger partial charge is 0.315 e. The Balaban J connectivity index is 2.73. The lowest BCUT2D eigenvalue weighted by atomic mass is 10.8. The van der Waals surface area contributed by atoms with Crippen LogP contribution in [0.15, 0.2) is 16.9 Å². The summed E-state index contributed by atoms with van der Waals surface area (Å²) in [6.45, 7) is -2.68. The molecule has 0 spiro atoms. The molecular weight excluding hydrogens is 279 g/mol. The molecule has 0 saturated carbocycles. The van der Waals surface area contributed by atoms with Gasteiger partial charge in [0.2, 0.25) is 0 Å². The normalized spacial score (nSPS) is 11.6. The standard InChI is InChI=1S/C5H8BrN2O3PS/c1-9-12(13,10-2)11-8-4-5(6)3-7-8/h3-4H,1-2H3. The van der Waals surface area contributed by atoms with Crippen LogP contribution in [-0.2, 0) is 20.9 Å². The van der Waals surface area contributed by atoms with E-state index in [1.54, 1.807) is 12.4 Å². The molecule has 1 aromatic rings. The third-order valence-corrected chi connectivity index (χ3v) is 3.93. The summed E-state index contributed by atoms with van der Waals surface area (Å²) in [6, 6.07) is 0. The molecule has 0 aromatic carbocycles. The van der Waals surface area contributed by atoms with E-state index in [0.29, 0.717) is 0 Å². The zero-order valence-electron chi connectivity index (χ0n) is 7.01. The molecule has 0 unspecified atom stereocenters. The van der Waals surface area contributed by atoms with Crippen molar-refractivity contribution in [1.29, 1.82) is 0 Å². The molecule has 13 heavy (non-hydrogen) atoms. The molecule has 1 heterocycles. The quantitative estimate of drug-likeness (QED) is 0.787. The van der Waals surface area contributed by atoms with Crippen molar-refractivity contribution in [3.05, 3.63) is 16.9 Å². The minimum Gasteiger partial charge on any atom is -0.315 e. The predicted molar refractivity (Wildman–Crippen MR) is 54.8 cm³/mol. The summed E-state index contributed by atoms with van der Waals surface area (Å²) in [6.07, 6.45) is 3.18. The van der Waals surface area contributed by atoms with Crippen LogP contribution < -0.4 is 4.62 Å². The molecular formula is C5H8BrN2O3PS. The first-order valence-electron chi connectivity index (χ1n) is 3.21. The highest BCUT2D eigenvalue weighted by Gasteiger charge is 2.19. The highest BCUT2D eigenvalue weighted by atomic mass is 79.9. The fourth-order valence-corrected chi connectivity index (χ4v) is 1.62. The van der Waals surface area contributed by atoms with Crippen LogP contribution in [-0.4, -0.2) is 24.2 Å². The van der Waals surface area contributed by atoms with E-state index in [1.807, 2.05) is 0 Å². The Morgan fingerprint density at radius 3 is 2.54 bits per heavy atom. The Morgan fingerprint density at radius 2 is 2.15 bits per heavy atom. The zero-order chi connectivity index (χ0) is 9.90. The molecule has 0 fully saturated rings. The van der Waals surface area contributed by atoms with Crippen LogP contribution in [0.4, 0.5) is 0 Å². The molecule has 0 aliphatic heterocycles. The first kappa shape index (κ1) is 11.1. The summed E-state index contributed by atoms with van der Waals surface area (Å²) in [5, 5.41) is 3.85. The molecule has 0 amide bonds. The van der Waals surface area contributed by atoms with Crippen molar-refractivity contribution >= 4 is 34.5 Å². The predicted octanol–water partition coefficient (Wildman–Crippen LogP) is 1.59. The number of halogens is 1. The molecule has 1 rings (SSSR count). The van der Waals surface area contributed by atoms with E-state index in [2.05, 4.69) is 21.0 Å². The van der Waals surface area contributed by atoms with Crippen LogP contribution in [0.1, 0.15) is 0 Å². The molecule has 0 bridgehead atoms. The Hall–Kier alpha value is 0.0600. The number of nitrogens with zero attached hydrogens (tertiary/aromatic N) is 2. The van der Waals surface area contributed by atoms with Gasteiger partial charge in [0.1, 0.15) is 0 Å². The molecule has 0 N–H and O–H groups in total. The van der Waals surface area contributed by atoms with Gasteiger partial charge in [-0.1, -0.05) is 4.85 Å². The highest BCUT2D eigenvalue weighted by Crippen LogP contribution is 2.44. The summed E-state index contributed by atoms with van der Waals surface area (Å²) in [5.41, 5.74) is 0. The first-order valence-corrected chi connectivity index (χ1v) is 6.56. The fraction of sp³-hybridized carbons (Fsp3) is 0.400. The third-order valence-electron chi connectivity index (χ3n) is 1.16. The molecule has 5 nitrogen and oxygen atoms in total. The maximum absolute atomic E-state index is 5.18. The van der Waals surface area contributed by atoms with E-state index in [-0.39, 0.29) is 0 Å². The summed E-state index contributed by atoms with van der Waals surface area (Å²) in [5.74, 6) is 0. The Morgan fingerprint density at radius 1 is 1.54 bits per heavy atom. The molecule has 0 radical (unpaired) electrons. The van der Waals surface area contributed by atoms with Crippen molar-refractivity contribution in [2.24, 2.45) is 0 Å². The van der Waals surface area contributed by atoms with Gasteiger partial charge in [-0.2, -0.15) is 0 Å². The van der Waals surface area contributed by atoms with Gasteiger partial charge in [-0.15, -0.1) is 5.10 Å². The average Bonchev–Trinajstić information content (AvgIpc) is 2.51. The maximum Gasteiger partial charge on any atom is 0.401 e. The molecule has 0 atom stereocenters. The Labute approximate surface area is 89.3 Å². The molecule has 74 valence electrons. The van der Waals surface area contributed by atoms with Gasteiger partial charge < -0.3 is 13.7 Å². The molecule has 0 aliphatic carbocycles. The van der Waals surface area contributed by atoms with Crippen LogP contribution in [0.5, 0.6) is 0 Å². The number of hydrogen-bond acceptors (Lipinski definition) is 5. The van der Waals surface area contributed by atoms with Crippen molar-refractivity contribution in [2.45, 2.75) is 0 Å². The summed E-state index contributed by atoms with van der Waals surface area (Å²) >= 11 is 8.18. The van der Waals surface area contributed by atoms with Gasteiger partial charge >= 0.3 is 6.72 Å². The third kappa shape index (κ3) is 3.03. The first-order chi connectivity index (χ1) is 6.09. The van der Waals surface area contributed by atoms with E-state index in [1.165, 1.54) is 19.1 Å².